The van der Waals surface area contributed by atoms with Gasteiger partial charge in [0.05, 0.1) is 19.8 Å². The molecule has 354 valence electrons. The predicted molar refractivity (Wildman–Crippen MR) is 243 cm³/mol. The van der Waals surface area contributed by atoms with Gasteiger partial charge >= 0.3 is 16.4 Å². The molecule has 1 fully saturated rings. The minimum Gasteiger partial charge on any atom is -0.457 e. The molecular formula is C48H84O12S. The van der Waals surface area contributed by atoms with Gasteiger partial charge in [0.15, 0.2) is 6.29 Å². The highest BCUT2D eigenvalue weighted by atomic mass is 32.3. The molecule has 12 nitrogen and oxygen atoms in total. The summed E-state index contributed by atoms with van der Waals surface area (Å²) >= 11 is 0. The number of aliphatic hydroxyl groups is 3. The number of carbonyl (C=O) groups excluding carboxylic acids is 1. The van der Waals surface area contributed by atoms with E-state index in [0.717, 1.165) is 96.3 Å². The third-order valence-electron chi connectivity index (χ3n) is 10.4. The van der Waals surface area contributed by atoms with Gasteiger partial charge < -0.3 is 34.3 Å². The molecule has 4 N–H and O–H groups in total. The van der Waals surface area contributed by atoms with Crippen molar-refractivity contribution in [1.29, 1.82) is 0 Å². The lowest BCUT2D eigenvalue weighted by Gasteiger charge is -2.41. The first kappa shape index (κ1) is 56.8. The van der Waals surface area contributed by atoms with Gasteiger partial charge in [0, 0.05) is 13.0 Å². The molecule has 0 saturated carbocycles. The zero-order valence-electron chi connectivity index (χ0n) is 37.7. The molecule has 0 spiro atoms. The summed E-state index contributed by atoms with van der Waals surface area (Å²) in [5, 5.41) is 30.6. The lowest BCUT2D eigenvalue weighted by atomic mass is 9.99. The van der Waals surface area contributed by atoms with Crippen LogP contribution in [0.1, 0.15) is 174 Å². The summed E-state index contributed by atoms with van der Waals surface area (Å²) in [5.74, 6) is -0.414. The van der Waals surface area contributed by atoms with Crippen LogP contribution in [0.25, 0.3) is 0 Å². The van der Waals surface area contributed by atoms with Gasteiger partial charge in [0.25, 0.3) is 0 Å². The van der Waals surface area contributed by atoms with Gasteiger partial charge in [0.2, 0.25) is 0 Å². The van der Waals surface area contributed by atoms with Crippen LogP contribution in [0.4, 0.5) is 0 Å². The lowest BCUT2D eigenvalue weighted by Crippen LogP contribution is -2.60. The Labute approximate surface area is 369 Å². The quantitative estimate of drug-likeness (QED) is 0.0198. The van der Waals surface area contributed by atoms with Crippen molar-refractivity contribution >= 4 is 16.4 Å². The van der Waals surface area contributed by atoms with E-state index in [2.05, 4.69) is 78.8 Å². The molecule has 1 heterocycles. The van der Waals surface area contributed by atoms with Gasteiger partial charge in [-0.3, -0.25) is 9.35 Å². The highest BCUT2D eigenvalue weighted by molar-refractivity contribution is 7.80. The third-order valence-corrected chi connectivity index (χ3v) is 10.8. The van der Waals surface area contributed by atoms with E-state index in [1.165, 1.54) is 51.4 Å². The van der Waals surface area contributed by atoms with Crippen molar-refractivity contribution in [2.24, 2.45) is 0 Å². The van der Waals surface area contributed by atoms with Crippen LogP contribution < -0.4 is 0 Å². The highest BCUT2D eigenvalue weighted by Gasteiger charge is 2.48. The molecule has 0 amide bonds. The molecule has 0 bridgehead atoms. The normalized spacial score (nSPS) is 20.7. The molecule has 1 aliphatic heterocycles. The molecule has 0 radical (unpaired) electrons. The van der Waals surface area contributed by atoms with Gasteiger partial charge in [-0.05, 0) is 70.6 Å². The molecule has 6 atom stereocenters. The Kier molecular flexibility index (Phi) is 36.7. The molecular weight excluding hydrogens is 801 g/mol. The standard InChI is InChI=1S/C48H84O12S/c1-3-5-7-9-11-13-15-16-17-18-19-20-21-22-23-24-25-26-27-28-30-32-34-36-38-56-40-42(58-44(50)37-35-33-31-29-14-12-10-8-6-4-2)41-57-48-46(52)47(60-61(53,54)55)45(51)43(39-49)59-48/h5,7-8,10-11,13,16-17,19-20,42-43,45-49,51-52H,3-4,6,9,12,14-15,18,21-41H2,1-2H3,(H,53,54,55)/b7-5-,10-8-,13-11-,17-16-,20-19-. The molecule has 1 aliphatic rings. The van der Waals surface area contributed by atoms with E-state index in [1.807, 2.05) is 0 Å². The Morgan fingerprint density at radius 2 is 1.13 bits per heavy atom. The highest BCUT2D eigenvalue weighted by Crippen LogP contribution is 2.26. The summed E-state index contributed by atoms with van der Waals surface area (Å²) < 4.78 is 59.0. The summed E-state index contributed by atoms with van der Waals surface area (Å²) in [4.78, 5) is 12.8. The van der Waals surface area contributed by atoms with Gasteiger partial charge in [0.1, 0.15) is 30.5 Å². The second-order valence-electron chi connectivity index (χ2n) is 16.0. The Balaban J connectivity index is 2.32. The van der Waals surface area contributed by atoms with Gasteiger partial charge in [-0.2, -0.15) is 8.42 Å². The Morgan fingerprint density at radius 3 is 1.67 bits per heavy atom. The lowest BCUT2D eigenvalue weighted by molar-refractivity contribution is -0.301. The van der Waals surface area contributed by atoms with Crippen LogP contribution in [-0.4, -0.2) is 97.5 Å². The summed E-state index contributed by atoms with van der Waals surface area (Å²) in [6.07, 6.45) is 39.8. The molecule has 1 saturated heterocycles. The number of unbranched alkanes of at least 4 members (excludes halogenated alkanes) is 17. The molecule has 0 aromatic heterocycles. The van der Waals surface area contributed by atoms with E-state index in [9.17, 15) is 28.5 Å². The first-order valence-electron chi connectivity index (χ1n) is 23.5. The van der Waals surface area contributed by atoms with Crippen LogP contribution in [0.15, 0.2) is 60.8 Å². The predicted octanol–water partition coefficient (Wildman–Crippen LogP) is 10.1. The minimum absolute atomic E-state index is 0.0283. The van der Waals surface area contributed by atoms with Crippen molar-refractivity contribution in [2.45, 2.75) is 211 Å². The number of allylic oxidation sites excluding steroid dienone is 10. The molecule has 1 rings (SSSR count). The second kappa shape index (κ2) is 39.4. The average molecular weight is 885 g/mol. The van der Waals surface area contributed by atoms with Crippen molar-refractivity contribution in [3.63, 3.8) is 0 Å². The van der Waals surface area contributed by atoms with Gasteiger partial charge in [-0.25, -0.2) is 4.18 Å². The largest absolute Gasteiger partial charge is 0.457 e. The Morgan fingerprint density at radius 1 is 0.639 bits per heavy atom. The number of hydrogen-bond donors (Lipinski definition) is 4. The van der Waals surface area contributed by atoms with Crippen LogP contribution in [0.3, 0.4) is 0 Å². The molecule has 13 heteroatoms. The number of hydrogen-bond acceptors (Lipinski definition) is 11. The zero-order chi connectivity index (χ0) is 44.7. The van der Waals surface area contributed by atoms with Crippen molar-refractivity contribution in [1.82, 2.24) is 0 Å². The Bertz CT molecular complexity index is 1300. The minimum atomic E-state index is -5.06. The topological polar surface area (TPSA) is 178 Å². The fourth-order valence-corrected chi connectivity index (χ4v) is 7.35. The SMILES string of the molecule is CC/C=C\C/C=C\C/C=C\C/C=C\CCCCCCCCCCCCCOCC(COC1OC(CO)C(O)C(OS(=O)(=O)O)C1O)OC(=O)CCCCCCC/C=C\CCC. The maximum absolute atomic E-state index is 12.8. The van der Waals surface area contributed by atoms with E-state index >= 15 is 0 Å². The van der Waals surface area contributed by atoms with Crippen LogP contribution in [-0.2, 0) is 38.3 Å². The smallest absolute Gasteiger partial charge is 0.397 e. The number of ether oxygens (including phenoxy) is 4. The summed E-state index contributed by atoms with van der Waals surface area (Å²) in [5.41, 5.74) is 0. The first-order chi connectivity index (χ1) is 29.6. The Hall–Kier alpha value is -2.20. The molecule has 0 aromatic rings. The van der Waals surface area contributed by atoms with Crippen LogP contribution >= 0.6 is 0 Å². The van der Waals surface area contributed by atoms with E-state index in [0.29, 0.717) is 13.0 Å². The van der Waals surface area contributed by atoms with Crippen molar-refractivity contribution < 1.29 is 56.2 Å². The number of aliphatic hydroxyl groups excluding tert-OH is 3. The van der Waals surface area contributed by atoms with Gasteiger partial charge in [-0.15, -0.1) is 0 Å². The van der Waals surface area contributed by atoms with Crippen molar-refractivity contribution in [3.05, 3.63) is 60.8 Å². The summed E-state index contributed by atoms with van der Waals surface area (Å²) in [6, 6.07) is 0. The first-order valence-corrected chi connectivity index (χ1v) is 24.9. The molecule has 0 aliphatic carbocycles. The summed E-state index contributed by atoms with van der Waals surface area (Å²) in [7, 11) is -5.06. The second-order valence-corrected chi connectivity index (χ2v) is 17.0. The molecule has 6 unspecified atom stereocenters. The molecule has 0 aromatic carbocycles. The van der Waals surface area contributed by atoms with E-state index in [1.54, 1.807) is 0 Å². The number of rotatable bonds is 40. The summed E-state index contributed by atoms with van der Waals surface area (Å²) in [6.45, 7) is 3.78. The third kappa shape index (κ3) is 33.0. The fraction of sp³-hybridized carbons (Fsp3) is 0.771. The fourth-order valence-electron chi connectivity index (χ4n) is 6.84. The number of carbonyl (C=O) groups is 1. The van der Waals surface area contributed by atoms with Gasteiger partial charge in [-0.1, -0.05) is 158 Å². The van der Waals surface area contributed by atoms with Crippen molar-refractivity contribution in [3.8, 4) is 0 Å². The van der Waals surface area contributed by atoms with E-state index in [4.69, 9.17) is 23.5 Å². The number of esters is 1. The maximum Gasteiger partial charge on any atom is 0.397 e. The van der Waals surface area contributed by atoms with E-state index < -0.39 is 59.8 Å². The maximum atomic E-state index is 12.8. The monoisotopic (exact) mass is 885 g/mol. The van der Waals surface area contributed by atoms with Crippen LogP contribution in [0, 0.1) is 0 Å². The van der Waals surface area contributed by atoms with Crippen molar-refractivity contribution in [2.75, 3.05) is 26.4 Å². The zero-order valence-corrected chi connectivity index (χ0v) is 38.5. The van der Waals surface area contributed by atoms with E-state index in [-0.39, 0.29) is 19.6 Å². The van der Waals surface area contributed by atoms with Crippen LogP contribution in [0.2, 0.25) is 0 Å². The average Bonchev–Trinajstić information content (AvgIpc) is 3.23. The molecule has 61 heavy (non-hydrogen) atoms. The van der Waals surface area contributed by atoms with Crippen LogP contribution in [0.5, 0.6) is 0 Å².